The van der Waals surface area contributed by atoms with Gasteiger partial charge >= 0.3 is 0 Å². The van der Waals surface area contributed by atoms with Crippen LogP contribution in [0.1, 0.15) is 36.5 Å². The van der Waals surface area contributed by atoms with E-state index in [4.69, 9.17) is 4.74 Å². The third-order valence-corrected chi connectivity index (χ3v) is 3.95. The molecule has 112 valence electrons. The second kappa shape index (κ2) is 6.56. The number of hydrogen-bond acceptors (Lipinski definition) is 1. The molecule has 0 aliphatic heterocycles. The van der Waals surface area contributed by atoms with Crippen LogP contribution in [0.15, 0.2) is 30.3 Å². The van der Waals surface area contributed by atoms with Crippen LogP contribution in [0, 0.1) is 18.6 Å². The Labute approximate surface area is 132 Å². The number of aryl methyl sites for hydroxylation is 1. The fourth-order valence-electron chi connectivity index (χ4n) is 1.98. The lowest BCUT2D eigenvalue weighted by Crippen LogP contribution is -1.97. The number of halogens is 3. The molecule has 0 fully saturated rings. The van der Waals surface area contributed by atoms with E-state index in [0.717, 1.165) is 11.1 Å². The number of alkyl halides is 1. The highest BCUT2D eigenvalue weighted by atomic mass is 79.9. The van der Waals surface area contributed by atoms with Crippen molar-refractivity contribution in [2.75, 3.05) is 0 Å². The summed E-state index contributed by atoms with van der Waals surface area (Å²) < 4.78 is 33.5. The van der Waals surface area contributed by atoms with Crippen molar-refractivity contribution in [2.45, 2.75) is 32.0 Å². The van der Waals surface area contributed by atoms with Gasteiger partial charge in [0.1, 0.15) is 5.75 Å². The van der Waals surface area contributed by atoms with Crippen LogP contribution in [0.2, 0.25) is 0 Å². The van der Waals surface area contributed by atoms with E-state index in [2.05, 4.69) is 29.8 Å². The van der Waals surface area contributed by atoms with Gasteiger partial charge in [0.2, 0.25) is 0 Å². The predicted octanol–water partition coefficient (Wildman–Crippen LogP) is 6.08. The summed E-state index contributed by atoms with van der Waals surface area (Å²) in [5, 5.41) is 0.392. The highest BCUT2D eigenvalue weighted by molar-refractivity contribution is 9.08. The van der Waals surface area contributed by atoms with Crippen LogP contribution in [-0.4, -0.2) is 0 Å². The highest BCUT2D eigenvalue weighted by Crippen LogP contribution is 2.32. The van der Waals surface area contributed by atoms with Gasteiger partial charge in [0.15, 0.2) is 17.4 Å². The molecule has 0 aliphatic rings. The Morgan fingerprint density at radius 3 is 2.24 bits per heavy atom. The van der Waals surface area contributed by atoms with Gasteiger partial charge < -0.3 is 4.74 Å². The molecular weight excluding hydrogens is 338 g/mol. The van der Waals surface area contributed by atoms with E-state index < -0.39 is 11.6 Å². The Morgan fingerprint density at radius 2 is 1.71 bits per heavy atom. The van der Waals surface area contributed by atoms with Crippen molar-refractivity contribution in [2.24, 2.45) is 0 Å². The van der Waals surface area contributed by atoms with Crippen molar-refractivity contribution in [1.82, 2.24) is 0 Å². The largest absolute Gasteiger partial charge is 0.451 e. The monoisotopic (exact) mass is 354 g/mol. The summed E-state index contributed by atoms with van der Waals surface area (Å²) in [5.41, 5.74) is 2.43. The van der Waals surface area contributed by atoms with E-state index in [1.165, 1.54) is 12.1 Å². The molecule has 4 heteroatoms. The first kappa shape index (κ1) is 16.0. The number of rotatable bonds is 4. The van der Waals surface area contributed by atoms with Crippen LogP contribution in [0.3, 0.4) is 0 Å². The van der Waals surface area contributed by atoms with Gasteiger partial charge in [0.05, 0.1) is 0 Å². The fraction of sp³-hybridized carbons (Fsp3) is 0.294. The molecule has 0 saturated heterocycles. The molecule has 0 aliphatic carbocycles. The van der Waals surface area contributed by atoms with Crippen molar-refractivity contribution in [1.29, 1.82) is 0 Å². The average molecular weight is 355 g/mol. The fourth-order valence-corrected chi connectivity index (χ4v) is 2.31. The molecule has 2 aromatic rings. The molecule has 0 heterocycles. The van der Waals surface area contributed by atoms with Crippen LogP contribution in [-0.2, 0) is 5.33 Å². The first-order valence-electron chi connectivity index (χ1n) is 6.74. The topological polar surface area (TPSA) is 9.23 Å². The number of hydrogen-bond donors (Lipinski definition) is 0. The minimum Gasteiger partial charge on any atom is -0.451 e. The third-order valence-electron chi connectivity index (χ3n) is 3.30. The van der Waals surface area contributed by atoms with Gasteiger partial charge in [-0.3, -0.25) is 0 Å². The van der Waals surface area contributed by atoms with Gasteiger partial charge in [-0.1, -0.05) is 41.9 Å². The Balaban J connectivity index is 2.40. The van der Waals surface area contributed by atoms with Gasteiger partial charge in [0, 0.05) is 5.33 Å². The quantitative estimate of drug-likeness (QED) is 0.604. The van der Waals surface area contributed by atoms with E-state index >= 15 is 0 Å². The molecule has 0 amide bonds. The lowest BCUT2D eigenvalue weighted by molar-refractivity contribution is 0.404. The standard InChI is InChI=1S/C17H17BrF2O/c1-10(2)13-5-4-11(3)16(8-13)21-17-14(19)6-12(9-18)7-15(17)20/h4-8,10H,9H2,1-3H3. The van der Waals surface area contributed by atoms with Gasteiger partial charge in [-0.15, -0.1) is 0 Å². The van der Waals surface area contributed by atoms with Crippen molar-refractivity contribution < 1.29 is 13.5 Å². The molecule has 21 heavy (non-hydrogen) atoms. The normalized spacial score (nSPS) is 11.0. The Kier molecular flexibility index (Phi) is 4.99. The molecule has 0 spiro atoms. The van der Waals surface area contributed by atoms with E-state index in [-0.39, 0.29) is 5.75 Å². The maximum atomic E-state index is 14.0. The Bertz CT molecular complexity index is 630. The van der Waals surface area contributed by atoms with Crippen molar-refractivity contribution in [3.8, 4) is 11.5 Å². The lowest BCUT2D eigenvalue weighted by atomic mass is 10.0. The van der Waals surface area contributed by atoms with E-state index in [9.17, 15) is 8.78 Å². The maximum Gasteiger partial charge on any atom is 0.198 e. The van der Waals surface area contributed by atoms with Gasteiger partial charge in [-0.25, -0.2) is 8.78 Å². The molecule has 0 unspecified atom stereocenters. The molecule has 2 rings (SSSR count). The minimum atomic E-state index is -0.696. The molecule has 0 N–H and O–H groups in total. The first-order valence-corrected chi connectivity index (χ1v) is 7.86. The van der Waals surface area contributed by atoms with Crippen molar-refractivity contribution in [3.05, 3.63) is 58.7 Å². The molecule has 1 nitrogen and oxygen atoms in total. The van der Waals surface area contributed by atoms with Crippen LogP contribution < -0.4 is 4.74 Å². The summed E-state index contributed by atoms with van der Waals surface area (Å²) in [6.07, 6.45) is 0. The zero-order chi connectivity index (χ0) is 15.6. The molecule has 0 radical (unpaired) electrons. The van der Waals surface area contributed by atoms with Gasteiger partial charge in [-0.05, 0) is 47.7 Å². The molecule has 0 aromatic heterocycles. The smallest absolute Gasteiger partial charge is 0.198 e. The van der Waals surface area contributed by atoms with Crippen LogP contribution >= 0.6 is 15.9 Å². The summed E-state index contributed by atoms with van der Waals surface area (Å²) >= 11 is 3.18. The number of benzene rings is 2. The predicted molar refractivity (Wildman–Crippen MR) is 84.3 cm³/mol. The van der Waals surface area contributed by atoms with Crippen molar-refractivity contribution in [3.63, 3.8) is 0 Å². The second-order valence-electron chi connectivity index (χ2n) is 5.30. The van der Waals surface area contributed by atoms with Crippen LogP contribution in [0.4, 0.5) is 8.78 Å². The summed E-state index contributed by atoms with van der Waals surface area (Å²) in [5.74, 6) is -0.953. The zero-order valence-electron chi connectivity index (χ0n) is 12.2. The Hall–Kier alpha value is -1.42. The lowest BCUT2D eigenvalue weighted by Gasteiger charge is -2.14. The first-order chi connectivity index (χ1) is 9.92. The highest BCUT2D eigenvalue weighted by Gasteiger charge is 2.15. The zero-order valence-corrected chi connectivity index (χ0v) is 13.8. The number of ether oxygens (including phenoxy) is 1. The molecule has 2 aromatic carbocycles. The molecule has 0 saturated carbocycles. The third kappa shape index (κ3) is 3.62. The summed E-state index contributed by atoms with van der Waals surface area (Å²) in [6.45, 7) is 5.96. The average Bonchev–Trinajstić information content (AvgIpc) is 2.44. The van der Waals surface area contributed by atoms with E-state index in [1.54, 1.807) is 0 Å². The molecule has 0 atom stereocenters. The molecule has 0 bridgehead atoms. The maximum absolute atomic E-state index is 14.0. The van der Waals surface area contributed by atoms with Crippen molar-refractivity contribution >= 4 is 15.9 Å². The Morgan fingerprint density at radius 1 is 1.10 bits per heavy atom. The van der Waals surface area contributed by atoms with E-state index in [0.29, 0.717) is 22.6 Å². The van der Waals surface area contributed by atoms with E-state index in [1.807, 2.05) is 25.1 Å². The van der Waals surface area contributed by atoms with Gasteiger partial charge in [-0.2, -0.15) is 0 Å². The summed E-state index contributed by atoms with van der Waals surface area (Å²) in [7, 11) is 0. The van der Waals surface area contributed by atoms with Gasteiger partial charge in [0.25, 0.3) is 0 Å². The minimum absolute atomic E-state index is 0.318. The second-order valence-corrected chi connectivity index (χ2v) is 5.86. The van der Waals surface area contributed by atoms with Crippen LogP contribution in [0.5, 0.6) is 11.5 Å². The van der Waals surface area contributed by atoms with Crippen LogP contribution in [0.25, 0.3) is 0 Å². The SMILES string of the molecule is Cc1ccc(C(C)C)cc1Oc1c(F)cc(CBr)cc1F. The summed E-state index contributed by atoms with van der Waals surface area (Å²) in [6, 6.07) is 8.27. The molecular formula is C17H17BrF2O. The summed E-state index contributed by atoms with van der Waals surface area (Å²) in [4.78, 5) is 0.